The Hall–Kier alpha value is -2.74. The maximum Gasteiger partial charge on any atom is 0.338 e. The zero-order valence-electron chi connectivity index (χ0n) is 17.2. The van der Waals surface area contributed by atoms with Crippen molar-refractivity contribution in [3.05, 3.63) is 52.7 Å². The fourth-order valence-corrected chi connectivity index (χ4v) is 4.70. The van der Waals surface area contributed by atoms with Gasteiger partial charge in [0.1, 0.15) is 5.75 Å². The van der Waals surface area contributed by atoms with Crippen molar-refractivity contribution < 1.29 is 19.1 Å². The van der Waals surface area contributed by atoms with Gasteiger partial charge < -0.3 is 19.3 Å². The summed E-state index contributed by atoms with van der Waals surface area (Å²) in [5, 5.41) is 2.74. The fourth-order valence-electron chi connectivity index (χ4n) is 3.91. The molecule has 30 heavy (non-hydrogen) atoms. The number of hydrogen-bond acceptors (Lipinski definition) is 7. The van der Waals surface area contributed by atoms with Crippen LogP contribution in [0.25, 0.3) is 0 Å². The van der Waals surface area contributed by atoms with Gasteiger partial charge >= 0.3 is 5.97 Å². The first-order chi connectivity index (χ1) is 14.6. The third-order valence-corrected chi connectivity index (χ3v) is 6.11. The average molecular weight is 428 g/mol. The van der Waals surface area contributed by atoms with E-state index in [2.05, 4.69) is 4.99 Å². The summed E-state index contributed by atoms with van der Waals surface area (Å²) < 4.78 is 11.3. The molecule has 8 heteroatoms. The molecule has 0 N–H and O–H groups in total. The SMILES string of the molecule is CCOC(=O)C1=C(C)N=C2SC=CN2[C@H]1c1ccccc1OCC(=O)N1CCCC1. The van der Waals surface area contributed by atoms with E-state index in [1.165, 1.54) is 11.8 Å². The lowest BCUT2D eigenvalue weighted by atomic mass is 9.94. The minimum Gasteiger partial charge on any atom is -0.483 e. The molecule has 1 saturated heterocycles. The van der Waals surface area contributed by atoms with Crippen molar-refractivity contribution in [2.75, 3.05) is 26.3 Å². The third-order valence-electron chi connectivity index (χ3n) is 5.34. The molecule has 0 radical (unpaired) electrons. The molecule has 3 aliphatic heterocycles. The van der Waals surface area contributed by atoms with Gasteiger partial charge in [0, 0.05) is 24.9 Å². The van der Waals surface area contributed by atoms with Gasteiger partial charge in [0.05, 0.1) is 23.9 Å². The average Bonchev–Trinajstić information content (AvgIpc) is 3.43. The molecule has 0 spiro atoms. The van der Waals surface area contributed by atoms with Gasteiger partial charge in [0.15, 0.2) is 11.8 Å². The Balaban J connectivity index is 1.65. The van der Waals surface area contributed by atoms with Crippen LogP contribution in [0.15, 0.2) is 52.1 Å². The molecular weight excluding hydrogens is 402 g/mol. The monoisotopic (exact) mass is 427 g/mol. The first kappa shape index (κ1) is 20.5. The second-order valence-corrected chi connectivity index (χ2v) is 8.11. The molecule has 7 nitrogen and oxygen atoms in total. The van der Waals surface area contributed by atoms with Crippen molar-refractivity contribution in [1.82, 2.24) is 9.80 Å². The zero-order chi connectivity index (χ0) is 21.1. The number of fused-ring (bicyclic) bond motifs is 1. The predicted octanol–water partition coefficient (Wildman–Crippen LogP) is 3.46. The molecule has 0 unspecified atom stereocenters. The number of amidine groups is 1. The number of carbonyl (C=O) groups is 2. The molecule has 0 aliphatic carbocycles. The Morgan fingerprint density at radius 2 is 2.00 bits per heavy atom. The number of carbonyl (C=O) groups excluding carboxylic acids is 2. The lowest BCUT2D eigenvalue weighted by Gasteiger charge is -2.34. The molecule has 0 aromatic heterocycles. The number of benzene rings is 1. The van der Waals surface area contributed by atoms with Crippen molar-refractivity contribution in [2.45, 2.75) is 32.7 Å². The molecule has 4 rings (SSSR count). The topological polar surface area (TPSA) is 71.4 Å². The van der Waals surface area contributed by atoms with Gasteiger partial charge in [-0.25, -0.2) is 9.79 Å². The van der Waals surface area contributed by atoms with Crippen molar-refractivity contribution in [2.24, 2.45) is 4.99 Å². The minimum atomic E-state index is -0.430. The van der Waals surface area contributed by atoms with Crippen LogP contribution in [-0.4, -0.2) is 53.1 Å². The second-order valence-electron chi connectivity index (χ2n) is 7.24. The Bertz CT molecular complexity index is 934. The number of thioether (sulfide) groups is 1. The maximum atomic E-state index is 12.8. The third kappa shape index (κ3) is 3.96. The second kappa shape index (κ2) is 8.95. The standard InChI is InChI=1S/C22H25N3O4S/c1-3-28-21(27)19-15(2)23-22-25(12-13-30-22)20(19)16-8-4-5-9-17(16)29-14-18(26)24-10-6-7-11-24/h4-5,8-9,12-13,20H,3,6-7,10-11,14H2,1-2H3/t20-/m0/s1. The highest BCUT2D eigenvalue weighted by molar-refractivity contribution is 8.16. The highest BCUT2D eigenvalue weighted by Gasteiger charge is 2.38. The van der Waals surface area contributed by atoms with E-state index in [1.54, 1.807) is 6.92 Å². The van der Waals surface area contributed by atoms with Crippen molar-refractivity contribution >= 4 is 28.8 Å². The Labute approximate surface area is 180 Å². The largest absolute Gasteiger partial charge is 0.483 e. The quantitative estimate of drug-likeness (QED) is 0.648. The lowest BCUT2D eigenvalue weighted by Crippen LogP contribution is -2.35. The summed E-state index contributed by atoms with van der Waals surface area (Å²) >= 11 is 1.50. The summed E-state index contributed by atoms with van der Waals surface area (Å²) in [5.74, 6) is 0.175. The van der Waals surface area contributed by atoms with E-state index in [0.717, 1.165) is 36.7 Å². The number of esters is 1. The summed E-state index contributed by atoms with van der Waals surface area (Å²) in [6.45, 7) is 5.45. The molecule has 0 bridgehead atoms. The van der Waals surface area contributed by atoms with Crippen LogP contribution in [0.3, 0.4) is 0 Å². The van der Waals surface area contributed by atoms with Crippen LogP contribution < -0.4 is 4.74 Å². The maximum absolute atomic E-state index is 12.8. The van der Waals surface area contributed by atoms with E-state index in [9.17, 15) is 9.59 Å². The van der Waals surface area contributed by atoms with Crippen LogP contribution in [0.5, 0.6) is 5.75 Å². The van der Waals surface area contributed by atoms with Crippen molar-refractivity contribution in [3.63, 3.8) is 0 Å². The number of aliphatic imine (C=N–C) groups is 1. The van der Waals surface area contributed by atoms with Crippen molar-refractivity contribution in [3.8, 4) is 5.75 Å². The van der Waals surface area contributed by atoms with E-state index >= 15 is 0 Å². The molecule has 158 valence electrons. The van der Waals surface area contributed by atoms with Crippen LogP contribution in [0.4, 0.5) is 0 Å². The number of ether oxygens (including phenoxy) is 2. The first-order valence-electron chi connectivity index (χ1n) is 10.2. The normalized spacial score (nSPS) is 20.3. The molecule has 3 heterocycles. The summed E-state index contributed by atoms with van der Waals surface area (Å²) in [5.41, 5.74) is 1.91. The van der Waals surface area contributed by atoms with Crippen LogP contribution in [0.1, 0.15) is 38.3 Å². The molecule has 1 atom stereocenters. The first-order valence-corrected chi connectivity index (χ1v) is 11.1. The van der Waals surface area contributed by atoms with Gasteiger partial charge in [-0.05, 0) is 38.2 Å². The van der Waals surface area contributed by atoms with E-state index in [4.69, 9.17) is 9.47 Å². The molecule has 1 amide bonds. The Morgan fingerprint density at radius 1 is 1.23 bits per heavy atom. The Kier molecular flexibility index (Phi) is 6.13. The summed E-state index contributed by atoms with van der Waals surface area (Å²) in [6, 6.07) is 7.10. The van der Waals surface area contributed by atoms with Gasteiger partial charge in [-0.3, -0.25) is 4.79 Å². The number of likely N-dealkylation sites (tertiary alicyclic amines) is 1. The predicted molar refractivity (Wildman–Crippen MR) is 116 cm³/mol. The number of amides is 1. The smallest absolute Gasteiger partial charge is 0.338 e. The molecular formula is C22H25N3O4S. The molecule has 1 fully saturated rings. The molecule has 0 saturated carbocycles. The van der Waals surface area contributed by atoms with E-state index < -0.39 is 12.0 Å². The van der Waals surface area contributed by atoms with E-state index in [1.807, 2.05) is 52.6 Å². The van der Waals surface area contributed by atoms with Gasteiger partial charge in [0.25, 0.3) is 5.91 Å². The summed E-state index contributed by atoms with van der Waals surface area (Å²) in [4.78, 5) is 33.7. The van der Waals surface area contributed by atoms with Gasteiger partial charge in [0.2, 0.25) is 0 Å². The van der Waals surface area contributed by atoms with Crippen LogP contribution >= 0.6 is 11.8 Å². The Morgan fingerprint density at radius 3 is 2.77 bits per heavy atom. The number of rotatable bonds is 6. The molecule has 1 aromatic rings. The number of allylic oxidation sites excluding steroid dienone is 1. The number of hydrogen-bond donors (Lipinski definition) is 0. The molecule has 1 aromatic carbocycles. The highest BCUT2D eigenvalue weighted by atomic mass is 32.2. The van der Waals surface area contributed by atoms with E-state index in [-0.39, 0.29) is 19.1 Å². The number of para-hydroxylation sites is 1. The van der Waals surface area contributed by atoms with Crippen LogP contribution in [0, 0.1) is 0 Å². The number of nitrogens with zero attached hydrogens (tertiary/aromatic N) is 3. The van der Waals surface area contributed by atoms with Gasteiger partial charge in [-0.15, -0.1) is 0 Å². The van der Waals surface area contributed by atoms with E-state index in [0.29, 0.717) is 17.0 Å². The summed E-state index contributed by atoms with van der Waals surface area (Å²) in [7, 11) is 0. The van der Waals surface area contributed by atoms with Gasteiger partial charge in [-0.1, -0.05) is 30.0 Å². The van der Waals surface area contributed by atoms with Crippen LogP contribution in [0.2, 0.25) is 0 Å². The van der Waals surface area contributed by atoms with Crippen LogP contribution in [-0.2, 0) is 14.3 Å². The lowest BCUT2D eigenvalue weighted by molar-refractivity contribution is -0.139. The summed E-state index contributed by atoms with van der Waals surface area (Å²) in [6.07, 6.45) is 3.99. The fraction of sp³-hybridized carbons (Fsp3) is 0.409. The van der Waals surface area contributed by atoms with Crippen molar-refractivity contribution in [1.29, 1.82) is 0 Å². The highest BCUT2D eigenvalue weighted by Crippen LogP contribution is 2.43. The van der Waals surface area contributed by atoms with Gasteiger partial charge in [-0.2, -0.15) is 0 Å². The minimum absolute atomic E-state index is 0.0119. The molecule has 3 aliphatic rings. The zero-order valence-corrected chi connectivity index (χ0v) is 18.0.